The fourth-order valence-corrected chi connectivity index (χ4v) is 2.67. The fraction of sp³-hybridized carbons (Fsp3) is 0.333. The van der Waals surface area contributed by atoms with E-state index in [2.05, 4.69) is 36.3 Å². The Morgan fingerprint density at radius 2 is 1.86 bits per heavy atom. The molecule has 0 unspecified atom stereocenters. The summed E-state index contributed by atoms with van der Waals surface area (Å²) in [5.74, 6) is 0.818. The Kier molecular flexibility index (Phi) is 4.32. The van der Waals surface area contributed by atoms with Gasteiger partial charge in [0.05, 0.1) is 11.6 Å². The molecule has 4 nitrogen and oxygen atoms in total. The zero-order chi connectivity index (χ0) is 15.5. The SMILES string of the molecule is CC(C)[NH2+]C[C@H](O)COc1cccc2[nH]c3ccccc3c12. The average Bonchev–Trinajstić information content (AvgIpc) is 2.90. The topological polar surface area (TPSA) is 61.9 Å². The van der Waals surface area contributed by atoms with Gasteiger partial charge in [0.15, 0.2) is 0 Å². The second kappa shape index (κ2) is 6.38. The van der Waals surface area contributed by atoms with Crippen molar-refractivity contribution < 1.29 is 15.2 Å². The minimum absolute atomic E-state index is 0.307. The van der Waals surface area contributed by atoms with Crippen LogP contribution < -0.4 is 10.1 Å². The molecule has 0 bridgehead atoms. The number of aliphatic hydroxyl groups is 1. The summed E-state index contributed by atoms with van der Waals surface area (Å²) in [4.78, 5) is 3.40. The second-order valence-corrected chi connectivity index (χ2v) is 6.03. The molecule has 0 amide bonds. The van der Waals surface area contributed by atoms with Crippen molar-refractivity contribution >= 4 is 21.8 Å². The summed E-state index contributed by atoms with van der Waals surface area (Å²) < 4.78 is 5.89. The van der Waals surface area contributed by atoms with E-state index in [1.807, 2.05) is 30.3 Å². The minimum Gasteiger partial charge on any atom is -0.490 e. The van der Waals surface area contributed by atoms with Gasteiger partial charge in [-0.15, -0.1) is 0 Å². The van der Waals surface area contributed by atoms with Gasteiger partial charge in [0, 0.05) is 16.3 Å². The highest BCUT2D eigenvalue weighted by atomic mass is 16.5. The molecule has 0 saturated heterocycles. The number of fused-ring (bicyclic) bond motifs is 3. The number of hydrogen-bond donors (Lipinski definition) is 3. The molecule has 22 heavy (non-hydrogen) atoms. The first kappa shape index (κ1) is 14.9. The van der Waals surface area contributed by atoms with Gasteiger partial charge in [0.2, 0.25) is 0 Å². The lowest BCUT2D eigenvalue weighted by atomic mass is 10.1. The number of hydrogen-bond acceptors (Lipinski definition) is 2. The van der Waals surface area contributed by atoms with Crippen molar-refractivity contribution in [1.82, 2.24) is 4.98 Å². The molecule has 0 aliphatic carbocycles. The van der Waals surface area contributed by atoms with Crippen molar-refractivity contribution in [2.24, 2.45) is 0 Å². The Balaban J connectivity index is 1.82. The smallest absolute Gasteiger partial charge is 0.137 e. The Labute approximate surface area is 130 Å². The molecule has 3 aromatic rings. The van der Waals surface area contributed by atoms with Crippen molar-refractivity contribution in [3.63, 3.8) is 0 Å². The highest BCUT2D eigenvalue weighted by Crippen LogP contribution is 2.32. The Hall–Kier alpha value is -2.04. The molecule has 0 aliphatic rings. The van der Waals surface area contributed by atoms with Crippen LogP contribution in [0, 0.1) is 0 Å². The highest BCUT2D eigenvalue weighted by molar-refractivity contribution is 6.10. The Morgan fingerprint density at radius 3 is 2.68 bits per heavy atom. The molecule has 4 heteroatoms. The monoisotopic (exact) mass is 299 g/mol. The van der Waals surface area contributed by atoms with Gasteiger partial charge in [-0.2, -0.15) is 0 Å². The van der Waals surface area contributed by atoms with E-state index in [0.29, 0.717) is 19.2 Å². The van der Waals surface area contributed by atoms with Crippen molar-refractivity contribution in [1.29, 1.82) is 0 Å². The van der Waals surface area contributed by atoms with Gasteiger partial charge in [-0.1, -0.05) is 24.3 Å². The summed E-state index contributed by atoms with van der Waals surface area (Å²) in [6.45, 7) is 5.18. The molecule has 0 saturated carbocycles. The van der Waals surface area contributed by atoms with Crippen LogP contribution >= 0.6 is 0 Å². The van der Waals surface area contributed by atoms with Crippen molar-refractivity contribution in [2.45, 2.75) is 26.0 Å². The number of para-hydroxylation sites is 1. The number of aromatic nitrogens is 1. The van der Waals surface area contributed by atoms with Crippen molar-refractivity contribution in [3.8, 4) is 5.75 Å². The lowest BCUT2D eigenvalue weighted by molar-refractivity contribution is -0.688. The number of aliphatic hydroxyl groups excluding tert-OH is 1. The van der Waals surface area contributed by atoms with Crippen LogP contribution in [0.15, 0.2) is 42.5 Å². The Bertz CT molecular complexity index is 764. The number of aromatic amines is 1. The molecule has 1 heterocycles. The molecule has 1 aromatic heterocycles. The molecule has 0 fully saturated rings. The predicted octanol–water partition coefficient (Wildman–Crippen LogP) is 2.03. The summed E-state index contributed by atoms with van der Waals surface area (Å²) in [7, 11) is 0. The lowest BCUT2D eigenvalue weighted by Crippen LogP contribution is -2.90. The van der Waals surface area contributed by atoms with E-state index >= 15 is 0 Å². The van der Waals surface area contributed by atoms with E-state index in [9.17, 15) is 5.11 Å². The van der Waals surface area contributed by atoms with Crippen LogP contribution in [-0.4, -0.2) is 35.4 Å². The van der Waals surface area contributed by atoms with Gasteiger partial charge in [-0.3, -0.25) is 0 Å². The molecule has 0 radical (unpaired) electrons. The fourth-order valence-electron chi connectivity index (χ4n) is 2.67. The number of ether oxygens (including phenoxy) is 1. The van der Waals surface area contributed by atoms with Crippen LogP contribution in [0.1, 0.15) is 13.8 Å². The Morgan fingerprint density at radius 1 is 1.09 bits per heavy atom. The van der Waals surface area contributed by atoms with E-state index in [1.165, 1.54) is 0 Å². The zero-order valence-corrected chi connectivity index (χ0v) is 13.0. The predicted molar refractivity (Wildman–Crippen MR) is 89.2 cm³/mol. The molecule has 0 spiro atoms. The highest BCUT2D eigenvalue weighted by Gasteiger charge is 2.12. The first-order valence-corrected chi connectivity index (χ1v) is 7.79. The molecule has 116 valence electrons. The molecule has 2 aromatic carbocycles. The summed E-state index contributed by atoms with van der Waals surface area (Å²) >= 11 is 0. The van der Waals surface area contributed by atoms with E-state index in [0.717, 1.165) is 27.6 Å². The molecular weight excluding hydrogens is 276 g/mol. The molecule has 1 atom stereocenters. The van der Waals surface area contributed by atoms with E-state index < -0.39 is 6.10 Å². The van der Waals surface area contributed by atoms with Gasteiger partial charge in [0.1, 0.15) is 25.0 Å². The third-order valence-corrected chi connectivity index (χ3v) is 3.80. The summed E-state index contributed by atoms with van der Waals surface area (Å²) in [6, 6.07) is 14.6. The van der Waals surface area contributed by atoms with Crippen LogP contribution in [-0.2, 0) is 0 Å². The molecule has 4 N–H and O–H groups in total. The maximum atomic E-state index is 10.0. The lowest BCUT2D eigenvalue weighted by Gasteiger charge is -2.13. The number of nitrogens with one attached hydrogen (secondary N) is 1. The normalized spacial score (nSPS) is 13.1. The van der Waals surface area contributed by atoms with E-state index in [4.69, 9.17) is 4.74 Å². The molecule has 0 aliphatic heterocycles. The van der Waals surface area contributed by atoms with Crippen LogP contribution in [0.2, 0.25) is 0 Å². The first-order chi connectivity index (χ1) is 10.6. The van der Waals surface area contributed by atoms with Gasteiger partial charge in [-0.05, 0) is 32.0 Å². The van der Waals surface area contributed by atoms with Crippen LogP contribution in [0.25, 0.3) is 21.8 Å². The van der Waals surface area contributed by atoms with Crippen LogP contribution in [0.4, 0.5) is 0 Å². The van der Waals surface area contributed by atoms with Gasteiger partial charge < -0.3 is 20.1 Å². The summed E-state index contributed by atoms with van der Waals surface area (Å²) in [5, 5.41) is 14.4. The maximum absolute atomic E-state index is 10.0. The van der Waals surface area contributed by atoms with Gasteiger partial charge in [0.25, 0.3) is 0 Å². The zero-order valence-electron chi connectivity index (χ0n) is 13.0. The number of quaternary nitrogens is 1. The number of H-pyrrole nitrogens is 1. The molecule has 3 rings (SSSR count). The van der Waals surface area contributed by atoms with Crippen molar-refractivity contribution in [3.05, 3.63) is 42.5 Å². The number of rotatable bonds is 6. The van der Waals surface area contributed by atoms with Crippen molar-refractivity contribution in [2.75, 3.05) is 13.2 Å². The first-order valence-electron chi connectivity index (χ1n) is 7.79. The third kappa shape index (κ3) is 3.08. The number of benzene rings is 2. The number of nitrogens with two attached hydrogens (primary N) is 1. The average molecular weight is 299 g/mol. The van der Waals surface area contributed by atoms with E-state index in [1.54, 1.807) is 0 Å². The quantitative estimate of drug-likeness (QED) is 0.652. The third-order valence-electron chi connectivity index (χ3n) is 3.80. The summed E-state index contributed by atoms with van der Waals surface area (Å²) in [6.07, 6.45) is -0.470. The van der Waals surface area contributed by atoms with Gasteiger partial charge >= 0.3 is 0 Å². The van der Waals surface area contributed by atoms with Crippen LogP contribution in [0.3, 0.4) is 0 Å². The van der Waals surface area contributed by atoms with Gasteiger partial charge in [-0.25, -0.2) is 0 Å². The largest absolute Gasteiger partial charge is 0.490 e. The minimum atomic E-state index is -0.470. The van der Waals surface area contributed by atoms with E-state index in [-0.39, 0.29) is 0 Å². The summed E-state index contributed by atoms with van der Waals surface area (Å²) in [5.41, 5.74) is 2.16. The maximum Gasteiger partial charge on any atom is 0.137 e. The molecular formula is C18H23N2O2+. The standard InChI is InChI=1S/C18H22N2O2/c1-12(2)19-10-13(21)11-22-17-9-5-8-16-18(17)14-6-3-4-7-15(14)20-16/h3-9,12-13,19-21H,10-11H2,1-2H3/p+1/t13-/m0/s1. The van der Waals surface area contributed by atoms with Crippen LogP contribution in [0.5, 0.6) is 5.75 Å². The second-order valence-electron chi connectivity index (χ2n) is 6.03.